The molecule has 0 aromatic heterocycles. The van der Waals surface area contributed by atoms with Gasteiger partial charge in [-0.2, -0.15) is 0 Å². The lowest BCUT2D eigenvalue weighted by molar-refractivity contribution is 0.794. The molecule has 0 amide bonds. The molecule has 1 aromatic rings. The van der Waals surface area contributed by atoms with E-state index in [1.807, 2.05) is 19.9 Å². The van der Waals surface area contributed by atoms with Crippen molar-refractivity contribution in [1.29, 1.82) is 0 Å². The molecule has 3 nitrogen and oxygen atoms in total. The molecule has 0 fully saturated rings. The zero-order valence-corrected chi connectivity index (χ0v) is 10.9. The first-order valence-corrected chi connectivity index (χ1v) is 6.07. The smallest absolute Gasteiger partial charge is 0.0895 e. The van der Waals surface area contributed by atoms with Gasteiger partial charge in [-0.3, -0.25) is 0 Å². The lowest BCUT2D eigenvalue weighted by Gasteiger charge is -2.18. The van der Waals surface area contributed by atoms with Gasteiger partial charge in [0.05, 0.1) is 18.6 Å². The summed E-state index contributed by atoms with van der Waals surface area (Å²) in [5.41, 5.74) is 1.24. The largest absolute Gasteiger partial charge is 0.375 e. The minimum absolute atomic E-state index is 0.283. The van der Waals surface area contributed by atoms with Gasteiger partial charge in [0.15, 0.2) is 0 Å². The Morgan fingerprint density at radius 3 is 2.59 bits per heavy atom. The fourth-order valence-corrected chi connectivity index (χ4v) is 1.40. The van der Waals surface area contributed by atoms with Crippen molar-refractivity contribution >= 4 is 11.7 Å². The number of anilines is 1. The normalized spacial score (nSPS) is 9.88. The number of para-hydroxylation sites is 1. The molecule has 0 heterocycles. The molecule has 0 aliphatic rings. The predicted octanol–water partition coefficient (Wildman–Crippen LogP) is 3.10. The van der Waals surface area contributed by atoms with Crippen LogP contribution in [0.25, 0.3) is 0 Å². The fraction of sp³-hybridized carbons (Fsp3) is 0.500. The summed E-state index contributed by atoms with van der Waals surface area (Å²) in [6.45, 7) is 5.82. The monoisotopic (exact) mass is 231 g/mol. The molecule has 17 heavy (non-hydrogen) atoms. The number of aliphatic imine (C=N–C) groups is 2. The van der Waals surface area contributed by atoms with Crippen LogP contribution in [0.4, 0.5) is 5.69 Å². The molecular formula is C14H21N3. The average Bonchev–Trinajstić information content (AvgIpc) is 2.34. The van der Waals surface area contributed by atoms with Crippen LogP contribution < -0.4 is 4.90 Å². The quantitative estimate of drug-likeness (QED) is 0.546. The van der Waals surface area contributed by atoms with Crippen LogP contribution in [-0.2, 0) is 0 Å². The predicted molar refractivity (Wildman–Crippen MR) is 74.2 cm³/mol. The molecule has 1 rings (SSSR count). The third kappa shape index (κ3) is 5.88. The van der Waals surface area contributed by atoms with Gasteiger partial charge < -0.3 is 4.90 Å². The highest BCUT2D eigenvalue weighted by atomic mass is 15.1. The second kappa shape index (κ2) is 7.64. The van der Waals surface area contributed by atoms with Crippen molar-refractivity contribution in [2.75, 3.05) is 25.0 Å². The summed E-state index contributed by atoms with van der Waals surface area (Å²) in [7, 11) is 2.10. The number of benzene rings is 1. The molecule has 0 N–H and O–H groups in total. The van der Waals surface area contributed by atoms with Crippen LogP contribution in [0, 0.1) is 0 Å². The van der Waals surface area contributed by atoms with E-state index in [1.54, 1.807) is 0 Å². The Morgan fingerprint density at radius 1 is 1.24 bits per heavy atom. The highest BCUT2D eigenvalue weighted by Gasteiger charge is 1.97. The minimum Gasteiger partial charge on any atom is -0.375 e. The summed E-state index contributed by atoms with van der Waals surface area (Å²) < 4.78 is 0. The van der Waals surface area contributed by atoms with E-state index in [-0.39, 0.29) is 6.04 Å². The second-order valence-corrected chi connectivity index (χ2v) is 4.32. The van der Waals surface area contributed by atoms with Gasteiger partial charge in [0.25, 0.3) is 0 Å². The molecule has 0 saturated carbocycles. The Morgan fingerprint density at radius 2 is 1.94 bits per heavy atom. The van der Waals surface area contributed by atoms with Gasteiger partial charge in [0.1, 0.15) is 0 Å². The molecule has 0 bridgehead atoms. The zero-order chi connectivity index (χ0) is 12.5. The molecule has 0 spiro atoms. The highest BCUT2D eigenvalue weighted by molar-refractivity contribution is 5.45. The van der Waals surface area contributed by atoms with Crippen LogP contribution in [0.2, 0.25) is 0 Å². The van der Waals surface area contributed by atoms with Gasteiger partial charge in [-0.25, -0.2) is 9.98 Å². The van der Waals surface area contributed by atoms with Crippen LogP contribution in [0.5, 0.6) is 0 Å². The second-order valence-electron chi connectivity index (χ2n) is 4.32. The third-order valence-electron chi connectivity index (χ3n) is 2.35. The van der Waals surface area contributed by atoms with Gasteiger partial charge >= 0.3 is 0 Å². The summed E-state index contributed by atoms with van der Waals surface area (Å²) in [6, 6.07) is 13.4. The summed E-state index contributed by atoms with van der Waals surface area (Å²) >= 11 is 0. The maximum Gasteiger partial charge on any atom is 0.0895 e. The Labute approximate surface area is 104 Å². The molecule has 1 aromatic carbocycles. The van der Waals surface area contributed by atoms with E-state index in [1.165, 1.54) is 5.69 Å². The Hall–Kier alpha value is -1.60. The lowest BCUT2D eigenvalue weighted by Crippen LogP contribution is -2.18. The molecule has 3 heteroatoms. The van der Waals surface area contributed by atoms with Crippen molar-refractivity contribution < 1.29 is 0 Å². The van der Waals surface area contributed by atoms with Crippen molar-refractivity contribution in [3.63, 3.8) is 0 Å². The van der Waals surface area contributed by atoms with Crippen molar-refractivity contribution in [2.24, 2.45) is 9.98 Å². The third-order valence-corrected chi connectivity index (χ3v) is 2.35. The average molecular weight is 231 g/mol. The number of hydrogen-bond donors (Lipinski definition) is 0. The topological polar surface area (TPSA) is 28.0 Å². The number of nitrogens with zero attached hydrogens (tertiary/aromatic N) is 3. The van der Waals surface area contributed by atoms with E-state index in [4.69, 9.17) is 0 Å². The van der Waals surface area contributed by atoms with Crippen LogP contribution in [-0.4, -0.2) is 32.2 Å². The van der Waals surface area contributed by atoms with E-state index in [0.717, 1.165) is 19.5 Å². The first-order chi connectivity index (χ1) is 8.20. The van der Waals surface area contributed by atoms with Crippen LogP contribution in [0.3, 0.4) is 0 Å². The van der Waals surface area contributed by atoms with E-state index >= 15 is 0 Å². The van der Waals surface area contributed by atoms with Gasteiger partial charge in [0, 0.05) is 19.3 Å². The first kappa shape index (κ1) is 13.5. The summed E-state index contributed by atoms with van der Waals surface area (Å²) in [4.78, 5) is 10.4. The number of hydrogen-bond acceptors (Lipinski definition) is 3. The van der Waals surface area contributed by atoms with Crippen molar-refractivity contribution in [2.45, 2.75) is 26.3 Å². The summed E-state index contributed by atoms with van der Waals surface area (Å²) in [5.74, 6) is 0. The van der Waals surface area contributed by atoms with E-state index in [9.17, 15) is 0 Å². The summed E-state index contributed by atoms with van der Waals surface area (Å²) in [6.07, 6.45) is 1.02. The highest BCUT2D eigenvalue weighted by Crippen LogP contribution is 2.10. The van der Waals surface area contributed by atoms with Crippen LogP contribution in [0.15, 0.2) is 40.3 Å². The van der Waals surface area contributed by atoms with E-state index in [2.05, 4.69) is 52.2 Å². The SMILES string of the molecule is CC(C)N=C=NCCCN(C)c1ccccc1. The van der Waals surface area contributed by atoms with Gasteiger partial charge in [-0.1, -0.05) is 18.2 Å². The van der Waals surface area contributed by atoms with Gasteiger partial charge in [-0.15, -0.1) is 0 Å². The van der Waals surface area contributed by atoms with Gasteiger partial charge in [-0.05, 0) is 32.4 Å². The molecule has 0 aliphatic heterocycles. The lowest BCUT2D eigenvalue weighted by atomic mass is 10.3. The molecule has 0 unspecified atom stereocenters. The molecule has 92 valence electrons. The zero-order valence-electron chi connectivity index (χ0n) is 10.9. The maximum absolute atomic E-state index is 4.13. The molecule has 0 atom stereocenters. The molecule has 0 saturated heterocycles. The minimum atomic E-state index is 0.283. The molecular weight excluding hydrogens is 210 g/mol. The Balaban J connectivity index is 2.26. The Bertz CT molecular complexity index is 364. The Kier molecular flexibility index (Phi) is 6.05. The number of rotatable bonds is 6. The van der Waals surface area contributed by atoms with Crippen LogP contribution in [0.1, 0.15) is 20.3 Å². The summed E-state index contributed by atoms with van der Waals surface area (Å²) in [5, 5.41) is 0. The fourth-order valence-electron chi connectivity index (χ4n) is 1.40. The van der Waals surface area contributed by atoms with Crippen molar-refractivity contribution in [3.05, 3.63) is 30.3 Å². The van der Waals surface area contributed by atoms with Gasteiger partial charge in [0.2, 0.25) is 0 Å². The molecule has 0 radical (unpaired) electrons. The standard InChI is InChI=1S/C14H21N3/c1-13(2)16-12-15-10-7-11-17(3)14-8-5-4-6-9-14/h4-6,8-9,13H,7,10-11H2,1-3H3. The maximum atomic E-state index is 4.13. The van der Waals surface area contributed by atoms with Crippen molar-refractivity contribution in [1.82, 2.24) is 0 Å². The van der Waals surface area contributed by atoms with E-state index < -0.39 is 0 Å². The first-order valence-electron chi connectivity index (χ1n) is 6.07. The molecule has 0 aliphatic carbocycles. The van der Waals surface area contributed by atoms with Crippen LogP contribution >= 0.6 is 0 Å². The van der Waals surface area contributed by atoms with E-state index in [0.29, 0.717) is 0 Å². The van der Waals surface area contributed by atoms with Crippen molar-refractivity contribution in [3.8, 4) is 0 Å².